The highest BCUT2D eigenvalue weighted by molar-refractivity contribution is 5.81. The molecular weight excluding hydrogens is 272 g/mol. The number of carbonyl (C=O) groups excluding carboxylic acids is 1. The maximum Gasteiger partial charge on any atom is 0.239 e. The zero-order valence-corrected chi connectivity index (χ0v) is 11.9. The quantitative estimate of drug-likeness (QED) is 0.763. The lowest BCUT2D eigenvalue weighted by atomic mass is 10.2. The summed E-state index contributed by atoms with van der Waals surface area (Å²) in [5, 5.41) is 14.3. The van der Waals surface area contributed by atoms with Crippen LogP contribution in [0.25, 0.3) is 5.69 Å². The van der Waals surface area contributed by atoms with Gasteiger partial charge in [0.15, 0.2) is 5.82 Å². The summed E-state index contributed by atoms with van der Waals surface area (Å²) in [5.74, 6) is 0.214. The summed E-state index contributed by atoms with van der Waals surface area (Å²) in [6, 6.07) is 8.34. The van der Waals surface area contributed by atoms with Gasteiger partial charge in [-0.05, 0) is 29.5 Å². The Morgan fingerprint density at radius 2 is 2.14 bits per heavy atom. The number of rotatable bonds is 6. The zero-order chi connectivity index (χ0) is 15.2. The van der Waals surface area contributed by atoms with E-state index < -0.39 is 6.04 Å². The summed E-state index contributed by atoms with van der Waals surface area (Å²) in [5.41, 5.74) is 6.50. The maximum atomic E-state index is 11.9. The van der Waals surface area contributed by atoms with Crippen LogP contribution in [0, 0.1) is 0 Å². The van der Waals surface area contributed by atoms with E-state index in [2.05, 4.69) is 20.8 Å². The van der Waals surface area contributed by atoms with E-state index in [-0.39, 0.29) is 18.6 Å². The van der Waals surface area contributed by atoms with Crippen molar-refractivity contribution in [2.75, 3.05) is 13.7 Å². The first-order valence-corrected chi connectivity index (χ1v) is 6.52. The molecule has 112 valence electrons. The number of tetrazole rings is 1. The van der Waals surface area contributed by atoms with E-state index in [1.165, 1.54) is 7.11 Å². The predicted octanol–water partition coefficient (Wildman–Crippen LogP) is -0.187. The second kappa shape index (κ2) is 6.91. The number of hydrogen-bond acceptors (Lipinski definition) is 6. The molecule has 1 heterocycles. The van der Waals surface area contributed by atoms with Crippen LogP contribution >= 0.6 is 0 Å². The van der Waals surface area contributed by atoms with E-state index in [4.69, 9.17) is 10.5 Å². The second-order valence-corrected chi connectivity index (χ2v) is 4.58. The molecule has 0 saturated heterocycles. The number of methoxy groups -OCH3 is 1. The number of nitrogens with zero attached hydrogens (tertiary/aromatic N) is 4. The fourth-order valence-electron chi connectivity index (χ4n) is 1.86. The summed E-state index contributed by atoms with van der Waals surface area (Å²) in [6.45, 7) is 1.95. The number of aromatic nitrogens is 4. The average Bonchev–Trinajstić information content (AvgIpc) is 2.98. The molecule has 2 rings (SSSR count). The molecule has 1 aromatic heterocycles. The lowest BCUT2D eigenvalue weighted by Crippen LogP contribution is -2.44. The molecule has 1 amide bonds. The van der Waals surface area contributed by atoms with Gasteiger partial charge in [-0.3, -0.25) is 4.79 Å². The lowest BCUT2D eigenvalue weighted by molar-refractivity contribution is -0.124. The van der Waals surface area contributed by atoms with Gasteiger partial charge < -0.3 is 15.8 Å². The molecular formula is C13H18N6O2. The highest BCUT2D eigenvalue weighted by Gasteiger charge is 2.21. The summed E-state index contributed by atoms with van der Waals surface area (Å²) in [6.07, 6.45) is 0. The van der Waals surface area contributed by atoms with Crippen molar-refractivity contribution in [1.29, 1.82) is 0 Å². The number of para-hydroxylation sites is 1. The number of benzene rings is 1. The largest absolute Gasteiger partial charge is 0.383 e. The maximum absolute atomic E-state index is 11.9. The lowest BCUT2D eigenvalue weighted by Gasteiger charge is -2.16. The molecule has 8 nitrogen and oxygen atoms in total. The number of carbonyl (C=O) groups is 1. The van der Waals surface area contributed by atoms with Crippen LogP contribution in [-0.2, 0) is 9.53 Å². The molecule has 2 atom stereocenters. The topological polar surface area (TPSA) is 108 Å². The molecule has 21 heavy (non-hydrogen) atoms. The van der Waals surface area contributed by atoms with Crippen LogP contribution in [0.4, 0.5) is 0 Å². The Hall–Kier alpha value is -2.32. The van der Waals surface area contributed by atoms with Crippen molar-refractivity contribution < 1.29 is 9.53 Å². The minimum absolute atomic E-state index is 0.155. The van der Waals surface area contributed by atoms with Crippen LogP contribution in [0.15, 0.2) is 30.3 Å². The van der Waals surface area contributed by atoms with E-state index >= 15 is 0 Å². The highest BCUT2D eigenvalue weighted by Crippen LogP contribution is 2.13. The Balaban J connectivity index is 2.12. The number of hydrogen-bond donors (Lipinski definition) is 2. The van der Waals surface area contributed by atoms with Crippen molar-refractivity contribution in [2.45, 2.75) is 19.0 Å². The smallest absolute Gasteiger partial charge is 0.239 e. The van der Waals surface area contributed by atoms with Crippen molar-refractivity contribution in [3.05, 3.63) is 36.2 Å². The van der Waals surface area contributed by atoms with Crippen molar-refractivity contribution in [1.82, 2.24) is 25.5 Å². The Bertz CT molecular complexity index is 585. The number of nitrogens with one attached hydrogen (secondary N) is 1. The van der Waals surface area contributed by atoms with Gasteiger partial charge in [0, 0.05) is 7.11 Å². The minimum Gasteiger partial charge on any atom is -0.383 e. The first kappa shape index (κ1) is 15.1. The molecule has 2 unspecified atom stereocenters. The van der Waals surface area contributed by atoms with Gasteiger partial charge in [0.2, 0.25) is 5.91 Å². The van der Waals surface area contributed by atoms with Crippen molar-refractivity contribution >= 4 is 5.91 Å². The molecule has 0 aliphatic rings. The van der Waals surface area contributed by atoms with Crippen molar-refractivity contribution in [2.24, 2.45) is 5.73 Å². The first-order valence-electron chi connectivity index (χ1n) is 6.52. The summed E-state index contributed by atoms with van der Waals surface area (Å²) in [4.78, 5) is 11.9. The fraction of sp³-hybridized carbons (Fsp3) is 0.385. The molecule has 1 aromatic carbocycles. The molecule has 0 saturated carbocycles. The van der Waals surface area contributed by atoms with Gasteiger partial charge in [0.25, 0.3) is 0 Å². The molecule has 0 bridgehead atoms. The van der Waals surface area contributed by atoms with Gasteiger partial charge in [-0.25, -0.2) is 0 Å². The molecule has 2 aromatic rings. The summed E-state index contributed by atoms with van der Waals surface area (Å²) in [7, 11) is 1.49. The van der Waals surface area contributed by atoms with Gasteiger partial charge in [-0.2, -0.15) is 4.68 Å². The van der Waals surface area contributed by atoms with Crippen LogP contribution in [0.1, 0.15) is 18.8 Å². The van der Waals surface area contributed by atoms with E-state index in [1.54, 1.807) is 11.6 Å². The average molecular weight is 290 g/mol. The molecule has 0 radical (unpaired) electrons. The van der Waals surface area contributed by atoms with Gasteiger partial charge >= 0.3 is 0 Å². The Labute approximate surface area is 122 Å². The van der Waals surface area contributed by atoms with Crippen LogP contribution in [0.2, 0.25) is 0 Å². The van der Waals surface area contributed by atoms with Crippen LogP contribution in [0.3, 0.4) is 0 Å². The second-order valence-electron chi connectivity index (χ2n) is 4.58. The number of nitrogens with two attached hydrogens (primary N) is 1. The first-order chi connectivity index (χ1) is 10.1. The normalized spacial score (nSPS) is 13.7. The molecule has 3 N–H and O–H groups in total. The van der Waals surface area contributed by atoms with Crippen LogP contribution in [-0.4, -0.2) is 45.9 Å². The molecule has 0 aliphatic carbocycles. The van der Waals surface area contributed by atoms with Gasteiger partial charge in [-0.1, -0.05) is 18.2 Å². The molecule has 0 fully saturated rings. The monoisotopic (exact) mass is 290 g/mol. The summed E-state index contributed by atoms with van der Waals surface area (Å²) < 4.78 is 6.43. The molecule has 0 aliphatic heterocycles. The van der Waals surface area contributed by atoms with E-state index in [9.17, 15) is 4.79 Å². The Morgan fingerprint density at radius 1 is 1.43 bits per heavy atom. The van der Waals surface area contributed by atoms with Gasteiger partial charge in [0.05, 0.1) is 18.3 Å². The fourth-order valence-corrected chi connectivity index (χ4v) is 1.86. The number of amides is 1. The van der Waals surface area contributed by atoms with Crippen molar-refractivity contribution in [3.63, 3.8) is 0 Å². The molecule has 0 spiro atoms. The Morgan fingerprint density at radius 3 is 2.81 bits per heavy atom. The molecule has 8 heteroatoms. The SMILES string of the molecule is COCC(N)C(=O)NC(C)c1nnnn1-c1ccccc1. The predicted molar refractivity (Wildman–Crippen MR) is 75.6 cm³/mol. The van der Waals surface area contributed by atoms with Gasteiger partial charge in [-0.15, -0.1) is 5.10 Å². The summed E-state index contributed by atoms with van der Waals surface area (Å²) >= 11 is 0. The Kier molecular flexibility index (Phi) is 4.96. The van der Waals surface area contributed by atoms with Crippen LogP contribution in [0.5, 0.6) is 0 Å². The van der Waals surface area contributed by atoms with E-state index in [0.717, 1.165) is 5.69 Å². The third-order valence-corrected chi connectivity index (χ3v) is 2.92. The zero-order valence-electron chi connectivity index (χ0n) is 11.9. The third kappa shape index (κ3) is 3.61. The van der Waals surface area contributed by atoms with Gasteiger partial charge in [0.1, 0.15) is 6.04 Å². The minimum atomic E-state index is -0.724. The van der Waals surface area contributed by atoms with Crippen LogP contribution < -0.4 is 11.1 Å². The number of ether oxygens (including phenoxy) is 1. The highest BCUT2D eigenvalue weighted by atomic mass is 16.5. The standard InChI is InChI=1S/C13H18N6O2/c1-9(15-13(20)11(14)8-21-2)12-16-17-18-19(12)10-6-4-3-5-7-10/h3-7,9,11H,8,14H2,1-2H3,(H,15,20). The van der Waals surface area contributed by atoms with E-state index in [0.29, 0.717) is 5.82 Å². The van der Waals surface area contributed by atoms with E-state index in [1.807, 2.05) is 30.3 Å². The van der Waals surface area contributed by atoms with Crippen molar-refractivity contribution in [3.8, 4) is 5.69 Å². The third-order valence-electron chi connectivity index (χ3n) is 2.92.